The van der Waals surface area contributed by atoms with Crippen molar-refractivity contribution in [1.82, 2.24) is 0 Å². The predicted octanol–water partition coefficient (Wildman–Crippen LogP) is 6.65. The molecule has 0 aliphatic carbocycles. The van der Waals surface area contributed by atoms with Gasteiger partial charge in [0.1, 0.15) is 5.70 Å². The average molecular weight is 579 g/mol. The summed E-state index contributed by atoms with van der Waals surface area (Å²) < 4.78 is 83.9. The standard InChI is InChI=1S/C27H19F6N3O5/c1-2-41-25(38)21-22(34-18-10-6-16(7-11-18)26(28,29)30)24(37)35(19-12-8-17(9-13-19)27(31,32)33)23(21)15-4-3-5-20(14-15)36(39)40/h3-14,23,34H,2H2,1H3. The monoisotopic (exact) mass is 579 g/mol. The van der Waals surface area contributed by atoms with Gasteiger partial charge in [-0.1, -0.05) is 12.1 Å². The van der Waals surface area contributed by atoms with E-state index in [1.165, 1.54) is 19.1 Å². The predicted molar refractivity (Wildman–Crippen MR) is 133 cm³/mol. The van der Waals surface area contributed by atoms with Gasteiger partial charge in [0, 0.05) is 23.5 Å². The van der Waals surface area contributed by atoms with Gasteiger partial charge in [-0.3, -0.25) is 19.8 Å². The smallest absolute Gasteiger partial charge is 0.416 e. The average Bonchev–Trinajstić information content (AvgIpc) is 3.20. The Morgan fingerprint density at radius 2 is 1.51 bits per heavy atom. The number of nitrogens with zero attached hydrogens (tertiary/aromatic N) is 2. The van der Waals surface area contributed by atoms with E-state index in [2.05, 4.69) is 5.32 Å². The lowest BCUT2D eigenvalue weighted by Crippen LogP contribution is -2.32. The Bertz CT molecular complexity index is 1520. The largest absolute Gasteiger partial charge is 0.463 e. The Morgan fingerprint density at radius 1 is 0.951 bits per heavy atom. The van der Waals surface area contributed by atoms with Gasteiger partial charge in [0.2, 0.25) is 0 Å². The molecular weight excluding hydrogens is 560 g/mol. The van der Waals surface area contributed by atoms with Crippen LogP contribution in [0.4, 0.5) is 43.4 Å². The molecule has 14 heteroatoms. The molecule has 0 aromatic heterocycles. The van der Waals surface area contributed by atoms with Gasteiger partial charge in [0.25, 0.3) is 11.6 Å². The van der Waals surface area contributed by atoms with Crippen LogP contribution in [0.3, 0.4) is 0 Å². The molecule has 3 aromatic rings. The van der Waals surface area contributed by atoms with Gasteiger partial charge in [-0.25, -0.2) is 4.79 Å². The van der Waals surface area contributed by atoms with Gasteiger partial charge < -0.3 is 10.1 Å². The highest BCUT2D eigenvalue weighted by molar-refractivity contribution is 6.18. The second kappa shape index (κ2) is 10.9. The third-order valence-electron chi connectivity index (χ3n) is 6.08. The summed E-state index contributed by atoms with van der Waals surface area (Å²) in [5.41, 5.74) is -3.21. The van der Waals surface area contributed by atoms with Crippen molar-refractivity contribution in [2.24, 2.45) is 0 Å². The Morgan fingerprint density at radius 3 is 2.02 bits per heavy atom. The Balaban J connectivity index is 1.89. The number of hydrogen-bond acceptors (Lipinski definition) is 6. The van der Waals surface area contributed by atoms with Crippen LogP contribution in [0.25, 0.3) is 0 Å². The molecule has 0 saturated carbocycles. The normalized spacial score (nSPS) is 15.7. The number of halogens is 6. The number of rotatable bonds is 7. The minimum Gasteiger partial charge on any atom is -0.463 e. The maximum atomic E-state index is 13.8. The van der Waals surface area contributed by atoms with Gasteiger partial charge in [0.05, 0.1) is 34.3 Å². The first-order valence-corrected chi connectivity index (χ1v) is 11.8. The minimum absolute atomic E-state index is 0.0183. The van der Waals surface area contributed by atoms with E-state index in [1.54, 1.807) is 0 Å². The summed E-state index contributed by atoms with van der Waals surface area (Å²) in [5.74, 6) is -1.97. The fourth-order valence-corrected chi connectivity index (χ4v) is 4.25. The van der Waals surface area contributed by atoms with Gasteiger partial charge in [-0.2, -0.15) is 26.3 Å². The van der Waals surface area contributed by atoms with Crippen molar-refractivity contribution in [2.45, 2.75) is 25.3 Å². The second-order valence-electron chi connectivity index (χ2n) is 8.68. The van der Waals surface area contributed by atoms with E-state index in [0.717, 1.165) is 65.6 Å². The number of amides is 1. The molecular formula is C27H19F6N3O5. The first-order chi connectivity index (χ1) is 19.2. The molecule has 4 rings (SSSR count). The molecule has 1 heterocycles. The van der Waals surface area contributed by atoms with Crippen LogP contribution in [0.5, 0.6) is 0 Å². The number of hydrogen-bond donors (Lipinski definition) is 1. The molecule has 1 atom stereocenters. The number of nitro groups is 1. The Labute approximate surface area is 228 Å². The molecule has 0 radical (unpaired) electrons. The molecule has 0 saturated heterocycles. The van der Waals surface area contributed by atoms with E-state index in [-0.39, 0.29) is 29.1 Å². The van der Waals surface area contributed by atoms with Gasteiger partial charge in [0.15, 0.2) is 0 Å². The zero-order valence-electron chi connectivity index (χ0n) is 20.9. The van der Waals surface area contributed by atoms with E-state index >= 15 is 0 Å². The highest BCUT2D eigenvalue weighted by Crippen LogP contribution is 2.43. The van der Waals surface area contributed by atoms with Crippen LogP contribution in [0, 0.1) is 10.1 Å². The highest BCUT2D eigenvalue weighted by Gasteiger charge is 2.46. The van der Waals surface area contributed by atoms with Crippen molar-refractivity contribution in [1.29, 1.82) is 0 Å². The second-order valence-corrected chi connectivity index (χ2v) is 8.68. The molecule has 1 aliphatic heterocycles. The van der Waals surface area contributed by atoms with Crippen molar-refractivity contribution in [3.05, 3.63) is 111 Å². The third kappa shape index (κ3) is 6.00. The van der Waals surface area contributed by atoms with E-state index in [9.17, 15) is 46.0 Å². The van der Waals surface area contributed by atoms with Crippen molar-refractivity contribution in [2.75, 3.05) is 16.8 Å². The zero-order chi connectivity index (χ0) is 30.1. The van der Waals surface area contributed by atoms with Gasteiger partial charge in [-0.15, -0.1) is 0 Å². The van der Waals surface area contributed by atoms with E-state index in [0.29, 0.717) is 0 Å². The molecule has 214 valence electrons. The first-order valence-electron chi connectivity index (χ1n) is 11.8. The van der Waals surface area contributed by atoms with Crippen LogP contribution in [-0.4, -0.2) is 23.4 Å². The quantitative estimate of drug-likeness (QED) is 0.146. The summed E-state index contributed by atoms with van der Waals surface area (Å²) in [6.45, 7) is 1.33. The summed E-state index contributed by atoms with van der Waals surface area (Å²) in [5, 5.41) is 14.1. The number of nitrogens with one attached hydrogen (secondary N) is 1. The highest BCUT2D eigenvalue weighted by atomic mass is 19.4. The van der Waals surface area contributed by atoms with Crippen molar-refractivity contribution in [3.63, 3.8) is 0 Å². The van der Waals surface area contributed by atoms with Crippen LogP contribution in [0.15, 0.2) is 84.1 Å². The van der Waals surface area contributed by atoms with Crippen LogP contribution in [0.2, 0.25) is 0 Å². The van der Waals surface area contributed by atoms with Gasteiger partial charge >= 0.3 is 18.3 Å². The van der Waals surface area contributed by atoms with Gasteiger partial charge in [-0.05, 0) is 61.0 Å². The molecule has 1 N–H and O–H groups in total. The summed E-state index contributed by atoms with van der Waals surface area (Å²) in [6, 6.07) is 10.5. The number of carbonyl (C=O) groups is 2. The van der Waals surface area contributed by atoms with E-state index < -0.39 is 57.7 Å². The molecule has 0 spiro atoms. The maximum absolute atomic E-state index is 13.8. The molecule has 1 unspecified atom stereocenters. The molecule has 0 fully saturated rings. The van der Waals surface area contributed by atoms with Crippen LogP contribution >= 0.6 is 0 Å². The van der Waals surface area contributed by atoms with Crippen molar-refractivity contribution in [3.8, 4) is 0 Å². The molecule has 8 nitrogen and oxygen atoms in total. The lowest BCUT2D eigenvalue weighted by molar-refractivity contribution is -0.384. The Hall–Kier alpha value is -4.88. The van der Waals surface area contributed by atoms with Crippen molar-refractivity contribution < 1.29 is 45.6 Å². The Kier molecular flexibility index (Phi) is 7.77. The fraction of sp³-hybridized carbons (Fsp3) is 0.185. The summed E-state index contributed by atoms with van der Waals surface area (Å²) in [4.78, 5) is 38.7. The van der Waals surface area contributed by atoms with Crippen LogP contribution in [0.1, 0.15) is 29.7 Å². The van der Waals surface area contributed by atoms with E-state index in [4.69, 9.17) is 4.74 Å². The third-order valence-corrected chi connectivity index (χ3v) is 6.08. The number of anilines is 2. The SMILES string of the molecule is CCOC(=O)C1=C(Nc2ccc(C(F)(F)F)cc2)C(=O)N(c2ccc(C(F)(F)F)cc2)C1c1cccc([N+](=O)[O-])c1. The lowest BCUT2D eigenvalue weighted by Gasteiger charge is -2.27. The summed E-state index contributed by atoms with van der Waals surface area (Å²) >= 11 is 0. The number of benzene rings is 3. The number of carbonyl (C=O) groups excluding carboxylic acids is 2. The molecule has 41 heavy (non-hydrogen) atoms. The minimum atomic E-state index is -4.68. The molecule has 0 bridgehead atoms. The topological polar surface area (TPSA) is 102 Å². The molecule has 3 aromatic carbocycles. The first kappa shape index (κ1) is 29.1. The lowest BCUT2D eigenvalue weighted by atomic mass is 9.97. The number of non-ortho nitro benzene ring substituents is 1. The number of nitro benzene ring substituents is 1. The number of esters is 1. The molecule has 1 aliphatic rings. The summed E-state index contributed by atoms with van der Waals surface area (Å²) in [7, 11) is 0. The van der Waals surface area contributed by atoms with Crippen LogP contribution < -0.4 is 10.2 Å². The number of ether oxygens (including phenoxy) is 1. The maximum Gasteiger partial charge on any atom is 0.416 e. The molecule has 1 amide bonds. The summed E-state index contributed by atoms with van der Waals surface area (Å²) in [6.07, 6.45) is -9.32. The fourth-order valence-electron chi connectivity index (χ4n) is 4.25. The van der Waals surface area contributed by atoms with Crippen LogP contribution in [-0.2, 0) is 26.7 Å². The van der Waals surface area contributed by atoms with Crippen molar-refractivity contribution >= 4 is 28.9 Å². The zero-order valence-corrected chi connectivity index (χ0v) is 20.9. The van der Waals surface area contributed by atoms with E-state index in [1.807, 2.05) is 0 Å². The number of alkyl halides is 6.